The van der Waals surface area contributed by atoms with Crippen LogP contribution in [0.3, 0.4) is 0 Å². The van der Waals surface area contributed by atoms with Crippen LogP contribution in [0.5, 0.6) is 0 Å². The first-order chi connectivity index (χ1) is 9.76. The van der Waals surface area contributed by atoms with Gasteiger partial charge >= 0.3 is 0 Å². The maximum Gasteiger partial charge on any atom is 0.141 e. The molecule has 0 radical (unpaired) electrons. The molecule has 1 N–H and O–H groups in total. The normalized spacial score (nSPS) is 13.8. The minimum Gasteiger partial charge on any atom is -0.381 e. The standard InChI is InChI=1S/C17H15FN2/c18-17-7-6-16(9-15(17)10-19)20-11-12-2-1-3-14(8-12)13-4-5-13/h1-3,6-9,13,20H,4-5,11H2. The molecule has 0 amide bonds. The first-order valence-corrected chi connectivity index (χ1v) is 6.78. The predicted octanol–water partition coefficient (Wildman–Crippen LogP) is 4.19. The Morgan fingerprint density at radius 2 is 2.05 bits per heavy atom. The Morgan fingerprint density at radius 1 is 1.20 bits per heavy atom. The van der Waals surface area contributed by atoms with E-state index in [1.165, 1.54) is 30.0 Å². The van der Waals surface area contributed by atoms with E-state index >= 15 is 0 Å². The Morgan fingerprint density at radius 3 is 2.80 bits per heavy atom. The highest BCUT2D eigenvalue weighted by molar-refractivity contribution is 5.50. The fourth-order valence-electron chi connectivity index (χ4n) is 2.30. The highest BCUT2D eigenvalue weighted by atomic mass is 19.1. The molecule has 2 aromatic carbocycles. The molecule has 0 atom stereocenters. The summed E-state index contributed by atoms with van der Waals surface area (Å²) in [5.41, 5.74) is 3.44. The Hall–Kier alpha value is -2.34. The van der Waals surface area contributed by atoms with E-state index in [2.05, 4.69) is 29.6 Å². The zero-order valence-corrected chi connectivity index (χ0v) is 11.1. The second-order valence-electron chi connectivity index (χ2n) is 5.18. The van der Waals surface area contributed by atoms with Crippen molar-refractivity contribution in [3.8, 4) is 6.07 Å². The second-order valence-corrected chi connectivity index (χ2v) is 5.18. The number of halogens is 1. The summed E-state index contributed by atoms with van der Waals surface area (Å²) in [5.74, 6) is 0.264. The van der Waals surface area contributed by atoms with E-state index < -0.39 is 5.82 Å². The molecule has 2 aromatic rings. The lowest BCUT2D eigenvalue weighted by atomic mass is 10.1. The summed E-state index contributed by atoms with van der Waals surface area (Å²) in [4.78, 5) is 0. The van der Waals surface area contributed by atoms with Crippen LogP contribution in [-0.2, 0) is 6.54 Å². The Labute approximate surface area is 117 Å². The van der Waals surface area contributed by atoms with Gasteiger partial charge in [0.1, 0.15) is 11.9 Å². The first-order valence-electron chi connectivity index (χ1n) is 6.78. The number of rotatable bonds is 4. The van der Waals surface area contributed by atoms with Gasteiger partial charge < -0.3 is 5.32 Å². The SMILES string of the molecule is N#Cc1cc(NCc2cccc(C3CC3)c2)ccc1F. The average molecular weight is 266 g/mol. The van der Waals surface area contributed by atoms with Gasteiger partial charge in [-0.05, 0) is 48.1 Å². The lowest BCUT2D eigenvalue weighted by molar-refractivity contribution is 0.624. The van der Waals surface area contributed by atoms with Crippen molar-refractivity contribution in [2.45, 2.75) is 25.3 Å². The monoisotopic (exact) mass is 266 g/mol. The van der Waals surface area contributed by atoms with Crippen molar-refractivity contribution in [1.29, 1.82) is 5.26 Å². The lowest BCUT2D eigenvalue weighted by Crippen LogP contribution is -2.00. The van der Waals surface area contributed by atoms with Gasteiger partial charge in [0.2, 0.25) is 0 Å². The Kier molecular flexibility index (Phi) is 3.39. The topological polar surface area (TPSA) is 35.8 Å². The van der Waals surface area contributed by atoms with Crippen LogP contribution >= 0.6 is 0 Å². The first kappa shape index (κ1) is 12.7. The van der Waals surface area contributed by atoms with Crippen molar-refractivity contribution in [1.82, 2.24) is 0 Å². The van der Waals surface area contributed by atoms with Crippen molar-refractivity contribution in [2.24, 2.45) is 0 Å². The molecular weight excluding hydrogens is 251 g/mol. The van der Waals surface area contributed by atoms with E-state index in [0.717, 1.165) is 11.6 Å². The summed E-state index contributed by atoms with van der Waals surface area (Å²) in [6, 6.07) is 14.9. The third-order valence-corrected chi connectivity index (χ3v) is 3.58. The van der Waals surface area contributed by atoms with Crippen LogP contribution in [0.25, 0.3) is 0 Å². The smallest absolute Gasteiger partial charge is 0.141 e. The van der Waals surface area contributed by atoms with Gasteiger partial charge in [-0.25, -0.2) is 4.39 Å². The Balaban J connectivity index is 1.70. The molecule has 20 heavy (non-hydrogen) atoms. The van der Waals surface area contributed by atoms with Crippen LogP contribution in [0.1, 0.15) is 35.4 Å². The summed E-state index contributed by atoms with van der Waals surface area (Å²) in [6.07, 6.45) is 2.58. The zero-order chi connectivity index (χ0) is 13.9. The van der Waals surface area contributed by atoms with Gasteiger partial charge in [0.15, 0.2) is 0 Å². The Bertz CT molecular complexity index is 669. The summed E-state index contributed by atoms with van der Waals surface area (Å²) in [5, 5.41) is 12.0. The molecular formula is C17H15FN2. The summed E-state index contributed by atoms with van der Waals surface area (Å²) < 4.78 is 13.2. The predicted molar refractivity (Wildman–Crippen MR) is 76.9 cm³/mol. The number of anilines is 1. The average Bonchev–Trinajstić information content (AvgIpc) is 3.31. The fraction of sp³-hybridized carbons (Fsp3) is 0.235. The van der Waals surface area contributed by atoms with Gasteiger partial charge in [-0.1, -0.05) is 24.3 Å². The van der Waals surface area contributed by atoms with E-state index in [4.69, 9.17) is 5.26 Å². The lowest BCUT2D eigenvalue weighted by Gasteiger charge is -2.08. The van der Waals surface area contributed by atoms with E-state index in [1.54, 1.807) is 12.1 Å². The third-order valence-electron chi connectivity index (χ3n) is 3.58. The largest absolute Gasteiger partial charge is 0.381 e. The number of nitriles is 1. The van der Waals surface area contributed by atoms with Crippen molar-refractivity contribution in [2.75, 3.05) is 5.32 Å². The molecule has 1 aliphatic rings. The van der Waals surface area contributed by atoms with Gasteiger partial charge in [0, 0.05) is 12.2 Å². The number of benzene rings is 2. The van der Waals surface area contributed by atoms with E-state index in [0.29, 0.717) is 6.54 Å². The van der Waals surface area contributed by atoms with Crippen LogP contribution in [-0.4, -0.2) is 0 Å². The van der Waals surface area contributed by atoms with Crippen LogP contribution in [0.4, 0.5) is 10.1 Å². The quantitative estimate of drug-likeness (QED) is 0.900. The van der Waals surface area contributed by atoms with Crippen molar-refractivity contribution < 1.29 is 4.39 Å². The highest BCUT2D eigenvalue weighted by Crippen LogP contribution is 2.40. The van der Waals surface area contributed by atoms with Crippen molar-refractivity contribution in [3.63, 3.8) is 0 Å². The molecule has 1 fully saturated rings. The van der Waals surface area contributed by atoms with Crippen molar-refractivity contribution >= 4 is 5.69 Å². The van der Waals surface area contributed by atoms with Crippen molar-refractivity contribution in [3.05, 3.63) is 65.0 Å². The van der Waals surface area contributed by atoms with Gasteiger partial charge in [0.05, 0.1) is 5.56 Å². The molecule has 3 heteroatoms. The maximum atomic E-state index is 13.2. The molecule has 0 aromatic heterocycles. The van der Waals surface area contributed by atoms with E-state index in [1.807, 2.05) is 6.07 Å². The fourth-order valence-corrected chi connectivity index (χ4v) is 2.30. The van der Waals surface area contributed by atoms with Gasteiger partial charge in [0.25, 0.3) is 0 Å². The highest BCUT2D eigenvalue weighted by Gasteiger charge is 2.23. The minimum atomic E-state index is -0.478. The summed E-state index contributed by atoms with van der Waals surface area (Å²) in [6.45, 7) is 0.678. The van der Waals surface area contributed by atoms with Crippen LogP contribution < -0.4 is 5.32 Å². The zero-order valence-electron chi connectivity index (χ0n) is 11.1. The molecule has 1 aliphatic carbocycles. The number of nitrogens with one attached hydrogen (secondary N) is 1. The van der Waals surface area contributed by atoms with E-state index in [-0.39, 0.29) is 5.56 Å². The molecule has 0 spiro atoms. The molecule has 100 valence electrons. The molecule has 2 nitrogen and oxygen atoms in total. The number of nitrogens with zero attached hydrogens (tertiary/aromatic N) is 1. The van der Waals surface area contributed by atoms with Crippen LogP contribution in [0, 0.1) is 17.1 Å². The molecule has 3 rings (SSSR count). The van der Waals surface area contributed by atoms with Crippen LogP contribution in [0.2, 0.25) is 0 Å². The molecule has 0 bridgehead atoms. The van der Waals surface area contributed by atoms with E-state index in [9.17, 15) is 4.39 Å². The summed E-state index contributed by atoms with van der Waals surface area (Å²) >= 11 is 0. The summed E-state index contributed by atoms with van der Waals surface area (Å²) in [7, 11) is 0. The van der Waals surface area contributed by atoms with Gasteiger partial charge in [-0.2, -0.15) is 5.26 Å². The third kappa shape index (κ3) is 2.80. The van der Waals surface area contributed by atoms with Gasteiger partial charge in [-0.3, -0.25) is 0 Å². The molecule has 0 aliphatic heterocycles. The minimum absolute atomic E-state index is 0.0710. The second kappa shape index (κ2) is 5.34. The molecule has 1 saturated carbocycles. The van der Waals surface area contributed by atoms with Crippen LogP contribution in [0.15, 0.2) is 42.5 Å². The molecule has 0 heterocycles. The number of hydrogen-bond donors (Lipinski definition) is 1. The van der Waals surface area contributed by atoms with Gasteiger partial charge in [-0.15, -0.1) is 0 Å². The number of hydrogen-bond acceptors (Lipinski definition) is 2. The molecule has 0 unspecified atom stereocenters. The maximum absolute atomic E-state index is 13.2. The molecule has 0 saturated heterocycles.